The van der Waals surface area contributed by atoms with Gasteiger partial charge >= 0.3 is 6.18 Å². The monoisotopic (exact) mass is 416 g/mol. The zero-order valence-corrected chi connectivity index (χ0v) is 15.6. The summed E-state index contributed by atoms with van der Waals surface area (Å²) < 4.78 is 41.2. The van der Waals surface area contributed by atoms with Gasteiger partial charge in [-0.1, -0.05) is 0 Å². The second-order valence-electron chi connectivity index (χ2n) is 6.60. The number of rotatable bonds is 4. The van der Waals surface area contributed by atoms with Crippen LogP contribution in [0.2, 0.25) is 0 Å². The SMILES string of the molecule is C[C@@H](CO)n1cnc2c(-n3cccn3)nc(-c3ccc(C(F)(F)F)cn3)cc2c1=O. The highest BCUT2D eigenvalue weighted by Gasteiger charge is 2.30. The Morgan fingerprint density at radius 1 is 1.20 bits per heavy atom. The van der Waals surface area contributed by atoms with E-state index in [1.54, 1.807) is 19.2 Å². The molecule has 1 N–H and O–H groups in total. The number of aliphatic hydroxyl groups is 1. The Hall–Kier alpha value is -3.60. The van der Waals surface area contributed by atoms with Gasteiger partial charge in [0.2, 0.25) is 0 Å². The summed E-state index contributed by atoms with van der Waals surface area (Å²) in [5.41, 5.74) is -0.704. The van der Waals surface area contributed by atoms with Gasteiger partial charge in [0, 0.05) is 18.6 Å². The van der Waals surface area contributed by atoms with Crippen LogP contribution in [0.4, 0.5) is 13.2 Å². The number of hydrogen-bond acceptors (Lipinski definition) is 6. The highest BCUT2D eigenvalue weighted by atomic mass is 19.4. The van der Waals surface area contributed by atoms with Gasteiger partial charge in [-0.2, -0.15) is 18.3 Å². The summed E-state index contributed by atoms with van der Waals surface area (Å²) in [5.74, 6) is 0.232. The number of hydrogen-bond donors (Lipinski definition) is 1. The molecular weight excluding hydrogens is 401 g/mol. The van der Waals surface area contributed by atoms with Crippen LogP contribution in [-0.2, 0) is 6.18 Å². The highest BCUT2D eigenvalue weighted by Crippen LogP contribution is 2.30. The minimum Gasteiger partial charge on any atom is -0.394 e. The standard InChI is InChI=1S/C19H15F3N6O2/c1-11(9-29)27-10-24-16-13(18(27)30)7-15(26-17(16)28-6-2-5-25-28)14-4-3-12(8-23-14)19(20,21)22/h2-8,10-11,29H,9H2,1H3/t11-/m0/s1. The lowest BCUT2D eigenvalue weighted by molar-refractivity contribution is -0.137. The number of pyridine rings is 2. The van der Waals surface area contributed by atoms with E-state index in [-0.39, 0.29) is 34.7 Å². The minimum atomic E-state index is -4.51. The fourth-order valence-electron chi connectivity index (χ4n) is 2.93. The summed E-state index contributed by atoms with van der Waals surface area (Å²) in [7, 11) is 0. The van der Waals surface area contributed by atoms with Crippen LogP contribution in [0.5, 0.6) is 0 Å². The molecule has 8 nitrogen and oxygen atoms in total. The summed E-state index contributed by atoms with van der Waals surface area (Å²) in [6.07, 6.45) is 0.641. The van der Waals surface area contributed by atoms with Crippen molar-refractivity contribution in [2.75, 3.05) is 6.61 Å². The molecule has 0 fully saturated rings. The lowest BCUT2D eigenvalue weighted by atomic mass is 10.1. The van der Waals surface area contributed by atoms with Crippen LogP contribution < -0.4 is 5.56 Å². The molecule has 0 aliphatic heterocycles. The second kappa shape index (κ2) is 7.34. The van der Waals surface area contributed by atoms with E-state index in [1.165, 1.54) is 33.9 Å². The first kappa shape index (κ1) is 19.7. The van der Waals surface area contributed by atoms with Crippen LogP contribution in [-0.4, -0.2) is 41.0 Å². The number of aromatic nitrogens is 6. The normalized spacial score (nSPS) is 13.0. The molecular formula is C19H15F3N6O2. The van der Waals surface area contributed by atoms with E-state index in [2.05, 4.69) is 20.1 Å². The molecule has 154 valence electrons. The number of alkyl halides is 3. The number of halogens is 3. The lowest BCUT2D eigenvalue weighted by Crippen LogP contribution is -2.26. The topological polar surface area (TPSA) is 98.7 Å². The first-order chi connectivity index (χ1) is 14.3. The van der Waals surface area contributed by atoms with Gasteiger partial charge in [0.05, 0.1) is 41.3 Å². The van der Waals surface area contributed by atoms with Gasteiger partial charge in [0.1, 0.15) is 5.52 Å². The van der Waals surface area contributed by atoms with Gasteiger partial charge in [0.15, 0.2) is 5.82 Å². The van der Waals surface area contributed by atoms with Crippen molar-refractivity contribution in [2.24, 2.45) is 0 Å². The Morgan fingerprint density at radius 3 is 2.60 bits per heavy atom. The lowest BCUT2D eigenvalue weighted by Gasteiger charge is -2.14. The fraction of sp³-hybridized carbons (Fsp3) is 0.211. The van der Waals surface area contributed by atoms with Crippen molar-refractivity contribution in [3.63, 3.8) is 0 Å². The van der Waals surface area contributed by atoms with Gasteiger partial charge in [-0.25, -0.2) is 14.6 Å². The molecule has 4 aromatic rings. The largest absolute Gasteiger partial charge is 0.417 e. The molecule has 4 rings (SSSR count). The molecule has 0 aliphatic carbocycles. The molecule has 0 saturated heterocycles. The molecule has 0 spiro atoms. The van der Waals surface area contributed by atoms with Gasteiger partial charge in [-0.3, -0.25) is 14.3 Å². The van der Waals surface area contributed by atoms with E-state index in [4.69, 9.17) is 0 Å². The highest BCUT2D eigenvalue weighted by molar-refractivity contribution is 5.87. The molecule has 0 amide bonds. The molecule has 0 aliphatic rings. The number of nitrogens with zero attached hydrogens (tertiary/aromatic N) is 6. The third-order valence-corrected chi connectivity index (χ3v) is 4.56. The molecule has 30 heavy (non-hydrogen) atoms. The van der Waals surface area contributed by atoms with E-state index in [1.807, 2.05) is 0 Å². The third-order valence-electron chi connectivity index (χ3n) is 4.56. The van der Waals surface area contributed by atoms with Crippen molar-refractivity contribution in [3.8, 4) is 17.2 Å². The summed E-state index contributed by atoms with van der Waals surface area (Å²) in [5, 5.41) is 13.7. The van der Waals surface area contributed by atoms with Gasteiger partial charge in [0.25, 0.3) is 5.56 Å². The van der Waals surface area contributed by atoms with Crippen molar-refractivity contribution < 1.29 is 18.3 Å². The van der Waals surface area contributed by atoms with Gasteiger partial charge in [-0.05, 0) is 31.2 Å². The number of aliphatic hydroxyl groups excluding tert-OH is 1. The Morgan fingerprint density at radius 2 is 2.00 bits per heavy atom. The summed E-state index contributed by atoms with van der Waals surface area (Å²) in [6.45, 7) is 1.39. The molecule has 0 saturated carbocycles. The van der Waals surface area contributed by atoms with Crippen molar-refractivity contribution >= 4 is 10.9 Å². The molecule has 0 radical (unpaired) electrons. The van der Waals surface area contributed by atoms with Crippen LogP contribution >= 0.6 is 0 Å². The predicted molar refractivity (Wildman–Crippen MR) is 101 cm³/mol. The molecule has 1 atom stereocenters. The molecule has 0 unspecified atom stereocenters. The zero-order valence-electron chi connectivity index (χ0n) is 15.6. The van der Waals surface area contributed by atoms with E-state index in [0.29, 0.717) is 6.20 Å². The van der Waals surface area contributed by atoms with E-state index in [9.17, 15) is 23.1 Å². The maximum absolute atomic E-state index is 13.0. The van der Waals surface area contributed by atoms with Crippen molar-refractivity contribution in [3.05, 3.63) is 65.1 Å². The molecule has 4 heterocycles. The summed E-state index contributed by atoms with van der Waals surface area (Å²) in [4.78, 5) is 25.6. The Kier molecular flexibility index (Phi) is 4.82. The fourth-order valence-corrected chi connectivity index (χ4v) is 2.93. The van der Waals surface area contributed by atoms with E-state index >= 15 is 0 Å². The first-order valence-corrected chi connectivity index (χ1v) is 8.86. The summed E-state index contributed by atoms with van der Waals surface area (Å²) >= 11 is 0. The maximum atomic E-state index is 13.0. The van der Waals surface area contributed by atoms with E-state index < -0.39 is 23.3 Å². The van der Waals surface area contributed by atoms with Crippen LogP contribution in [0, 0.1) is 0 Å². The Labute approximate surface area is 167 Å². The van der Waals surface area contributed by atoms with Gasteiger partial charge in [-0.15, -0.1) is 0 Å². The smallest absolute Gasteiger partial charge is 0.394 e. The van der Waals surface area contributed by atoms with Crippen molar-refractivity contribution in [1.82, 2.24) is 29.3 Å². The van der Waals surface area contributed by atoms with E-state index in [0.717, 1.165) is 6.07 Å². The Bertz CT molecular complexity index is 1250. The van der Waals surface area contributed by atoms with Crippen LogP contribution in [0.3, 0.4) is 0 Å². The zero-order chi connectivity index (χ0) is 21.5. The molecule has 4 aromatic heterocycles. The average molecular weight is 416 g/mol. The maximum Gasteiger partial charge on any atom is 0.417 e. The van der Waals surface area contributed by atoms with Crippen molar-refractivity contribution in [1.29, 1.82) is 0 Å². The minimum absolute atomic E-state index is 0.156. The molecule has 0 bridgehead atoms. The van der Waals surface area contributed by atoms with Gasteiger partial charge < -0.3 is 5.11 Å². The van der Waals surface area contributed by atoms with Crippen LogP contribution in [0.25, 0.3) is 28.1 Å². The van der Waals surface area contributed by atoms with Crippen LogP contribution in [0.1, 0.15) is 18.5 Å². The number of fused-ring (bicyclic) bond motifs is 1. The predicted octanol–water partition coefficient (Wildman–Crippen LogP) is 2.61. The van der Waals surface area contributed by atoms with Crippen LogP contribution in [0.15, 0.2) is 54.0 Å². The third kappa shape index (κ3) is 3.43. The summed E-state index contributed by atoms with van der Waals surface area (Å²) in [6, 6.07) is 4.66. The molecule has 11 heteroatoms. The first-order valence-electron chi connectivity index (χ1n) is 8.86. The quantitative estimate of drug-likeness (QED) is 0.549. The van der Waals surface area contributed by atoms with Crippen molar-refractivity contribution in [2.45, 2.75) is 19.1 Å². The Balaban J connectivity index is 1.96. The molecule has 0 aromatic carbocycles. The average Bonchev–Trinajstić information content (AvgIpc) is 3.27. The second-order valence-corrected chi connectivity index (χ2v) is 6.60.